The number of aliphatic hydroxyl groups is 1. The highest BCUT2D eigenvalue weighted by atomic mass is 16.5. The van der Waals surface area contributed by atoms with Crippen molar-refractivity contribution >= 4 is 0 Å². The lowest BCUT2D eigenvalue weighted by molar-refractivity contribution is -0.0603. The van der Waals surface area contributed by atoms with Gasteiger partial charge in [-0.15, -0.1) is 0 Å². The minimum atomic E-state index is 0.0101. The van der Waals surface area contributed by atoms with Gasteiger partial charge in [-0.1, -0.05) is 13.8 Å². The molecule has 4 nitrogen and oxygen atoms in total. The van der Waals surface area contributed by atoms with Crippen molar-refractivity contribution in [2.45, 2.75) is 38.8 Å². The fraction of sp³-hybridized carbons (Fsp3) is 1.00. The molecular weight excluding hydrogens is 216 g/mol. The second-order valence-electron chi connectivity index (χ2n) is 6.23. The highest BCUT2D eigenvalue weighted by Crippen LogP contribution is 2.23. The molecular formula is C13H26N2O2. The smallest absolute Gasteiger partial charge is 0.0932 e. The standard InChI is InChI=1S/C13H26N2O2/c1-13(2,9-14-11-3-4-11)10-15-5-6-17-12(7-15)8-16/h11-12,14,16H,3-10H2,1-2H3. The maximum Gasteiger partial charge on any atom is 0.0932 e. The molecule has 1 aliphatic carbocycles. The van der Waals surface area contributed by atoms with Crippen LogP contribution in [-0.2, 0) is 4.74 Å². The van der Waals surface area contributed by atoms with Crippen molar-refractivity contribution in [1.82, 2.24) is 10.2 Å². The monoisotopic (exact) mass is 242 g/mol. The normalized spacial score (nSPS) is 27.4. The molecule has 1 unspecified atom stereocenters. The zero-order valence-electron chi connectivity index (χ0n) is 11.1. The van der Waals surface area contributed by atoms with Gasteiger partial charge in [0, 0.05) is 32.2 Å². The molecule has 0 aromatic carbocycles. The summed E-state index contributed by atoms with van der Waals surface area (Å²) in [6.07, 6.45) is 2.71. The van der Waals surface area contributed by atoms with E-state index in [9.17, 15) is 0 Å². The fourth-order valence-corrected chi connectivity index (χ4v) is 2.40. The lowest BCUT2D eigenvalue weighted by atomic mass is 9.92. The highest BCUT2D eigenvalue weighted by molar-refractivity contribution is 4.86. The Morgan fingerprint density at radius 1 is 1.41 bits per heavy atom. The van der Waals surface area contributed by atoms with Gasteiger partial charge in [-0.2, -0.15) is 0 Å². The molecule has 1 saturated carbocycles. The number of nitrogens with one attached hydrogen (secondary N) is 1. The quantitative estimate of drug-likeness (QED) is 0.710. The topological polar surface area (TPSA) is 44.7 Å². The summed E-state index contributed by atoms with van der Waals surface area (Å²) in [7, 11) is 0. The number of aliphatic hydroxyl groups excluding tert-OH is 1. The molecule has 2 aliphatic rings. The molecule has 1 heterocycles. The summed E-state index contributed by atoms with van der Waals surface area (Å²) in [6.45, 7) is 9.52. The SMILES string of the molecule is CC(C)(CNC1CC1)CN1CCOC(CO)C1. The molecule has 0 aromatic heterocycles. The Morgan fingerprint density at radius 2 is 2.18 bits per heavy atom. The number of morpholine rings is 1. The van der Waals surface area contributed by atoms with Crippen molar-refractivity contribution in [3.8, 4) is 0 Å². The summed E-state index contributed by atoms with van der Waals surface area (Å²) < 4.78 is 5.47. The van der Waals surface area contributed by atoms with E-state index in [2.05, 4.69) is 24.1 Å². The minimum absolute atomic E-state index is 0.0101. The molecule has 2 rings (SSSR count). The van der Waals surface area contributed by atoms with Gasteiger partial charge >= 0.3 is 0 Å². The lowest BCUT2D eigenvalue weighted by Gasteiger charge is -2.37. The molecule has 4 heteroatoms. The van der Waals surface area contributed by atoms with Gasteiger partial charge in [-0.05, 0) is 18.3 Å². The van der Waals surface area contributed by atoms with Gasteiger partial charge in [0.2, 0.25) is 0 Å². The first-order chi connectivity index (χ1) is 8.09. The van der Waals surface area contributed by atoms with Crippen LogP contribution in [0.15, 0.2) is 0 Å². The van der Waals surface area contributed by atoms with Crippen molar-refractivity contribution in [2.24, 2.45) is 5.41 Å². The van der Waals surface area contributed by atoms with E-state index in [0.717, 1.165) is 38.8 Å². The third kappa shape index (κ3) is 4.54. The molecule has 1 atom stereocenters. The van der Waals surface area contributed by atoms with Crippen LogP contribution in [0, 0.1) is 5.41 Å². The highest BCUT2D eigenvalue weighted by Gasteiger charge is 2.28. The van der Waals surface area contributed by atoms with Gasteiger partial charge in [0.25, 0.3) is 0 Å². The zero-order valence-corrected chi connectivity index (χ0v) is 11.1. The maximum atomic E-state index is 9.13. The van der Waals surface area contributed by atoms with E-state index in [1.807, 2.05) is 0 Å². The molecule has 0 amide bonds. The summed E-state index contributed by atoms with van der Waals surface area (Å²) in [6, 6.07) is 0.782. The van der Waals surface area contributed by atoms with E-state index in [4.69, 9.17) is 9.84 Å². The van der Waals surface area contributed by atoms with E-state index < -0.39 is 0 Å². The first kappa shape index (κ1) is 13.3. The van der Waals surface area contributed by atoms with E-state index in [1.54, 1.807) is 0 Å². The van der Waals surface area contributed by atoms with E-state index in [0.29, 0.717) is 5.41 Å². The third-order valence-corrected chi connectivity index (χ3v) is 3.52. The first-order valence-electron chi connectivity index (χ1n) is 6.77. The molecule has 0 radical (unpaired) electrons. The molecule has 0 aromatic rings. The van der Waals surface area contributed by atoms with Crippen LogP contribution in [-0.4, -0.2) is 61.5 Å². The second-order valence-corrected chi connectivity index (χ2v) is 6.23. The van der Waals surface area contributed by atoms with Crippen LogP contribution in [0.5, 0.6) is 0 Å². The molecule has 17 heavy (non-hydrogen) atoms. The van der Waals surface area contributed by atoms with Crippen LogP contribution in [0.25, 0.3) is 0 Å². The molecule has 100 valence electrons. The number of nitrogens with zero attached hydrogens (tertiary/aromatic N) is 1. The van der Waals surface area contributed by atoms with Gasteiger partial charge in [-0.25, -0.2) is 0 Å². The van der Waals surface area contributed by atoms with Crippen molar-refractivity contribution in [1.29, 1.82) is 0 Å². The Hall–Kier alpha value is -0.160. The van der Waals surface area contributed by atoms with Crippen molar-refractivity contribution in [3.63, 3.8) is 0 Å². The minimum Gasteiger partial charge on any atom is -0.394 e. The number of hydrogen-bond donors (Lipinski definition) is 2. The summed E-state index contributed by atoms with van der Waals surface area (Å²) in [4.78, 5) is 2.42. The van der Waals surface area contributed by atoms with Crippen LogP contribution in [0.2, 0.25) is 0 Å². The van der Waals surface area contributed by atoms with Gasteiger partial charge in [0.05, 0.1) is 19.3 Å². The fourth-order valence-electron chi connectivity index (χ4n) is 2.40. The van der Waals surface area contributed by atoms with Crippen molar-refractivity contribution in [2.75, 3.05) is 39.4 Å². The van der Waals surface area contributed by atoms with Crippen LogP contribution in [0.1, 0.15) is 26.7 Å². The summed E-state index contributed by atoms with van der Waals surface area (Å²) in [5.74, 6) is 0. The second kappa shape index (κ2) is 5.65. The summed E-state index contributed by atoms with van der Waals surface area (Å²) in [5.41, 5.74) is 0.292. The molecule has 1 aliphatic heterocycles. The van der Waals surface area contributed by atoms with Crippen LogP contribution in [0.3, 0.4) is 0 Å². The predicted molar refractivity (Wildman–Crippen MR) is 68.1 cm³/mol. The van der Waals surface area contributed by atoms with Crippen LogP contribution in [0.4, 0.5) is 0 Å². The zero-order chi connectivity index (χ0) is 12.3. The first-order valence-corrected chi connectivity index (χ1v) is 6.77. The number of rotatable bonds is 6. The predicted octanol–water partition coefficient (Wildman–Crippen LogP) is 0.458. The Bertz CT molecular complexity index is 242. The molecule has 2 fully saturated rings. The largest absolute Gasteiger partial charge is 0.394 e. The van der Waals surface area contributed by atoms with E-state index in [1.165, 1.54) is 12.8 Å². The Labute approximate surface area is 104 Å². The average molecular weight is 242 g/mol. The van der Waals surface area contributed by atoms with Crippen LogP contribution < -0.4 is 5.32 Å². The molecule has 1 saturated heterocycles. The maximum absolute atomic E-state index is 9.13. The lowest BCUT2D eigenvalue weighted by Crippen LogP contribution is -2.49. The van der Waals surface area contributed by atoms with Gasteiger partial charge < -0.3 is 15.2 Å². The number of hydrogen-bond acceptors (Lipinski definition) is 4. The van der Waals surface area contributed by atoms with Crippen molar-refractivity contribution in [3.05, 3.63) is 0 Å². The van der Waals surface area contributed by atoms with Gasteiger partial charge in [-0.3, -0.25) is 4.90 Å². The Balaban J connectivity index is 1.73. The molecule has 0 bridgehead atoms. The van der Waals surface area contributed by atoms with Gasteiger partial charge in [0.15, 0.2) is 0 Å². The Morgan fingerprint density at radius 3 is 2.82 bits per heavy atom. The molecule has 2 N–H and O–H groups in total. The van der Waals surface area contributed by atoms with E-state index >= 15 is 0 Å². The van der Waals surface area contributed by atoms with Crippen molar-refractivity contribution < 1.29 is 9.84 Å². The van der Waals surface area contributed by atoms with Gasteiger partial charge in [0.1, 0.15) is 0 Å². The van der Waals surface area contributed by atoms with E-state index in [-0.39, 0.29) is 12.7 Å². The third-order valence-electron chi connectivity index (χ3n) is 3.52. The molecule has 0 spiro atoms. The number of ether oxygens (including phenoxy) is 1. The summed E-state index contributed by atoms with van der Waals surface area (Å²) in [5, 5.41) is 12.7. The van der Waals surface area contributed by atoms with Crippen LogP contribution >= 0.6 is 0 Å². The Kier molecular flexibility index (Phi) is 4.42. The summed E-state index contributed by atoms with van der Waals surface area (Å²) >= 11 is 0. The average Bonchev–Trinajstić information content (AvgIpc) is 3.10.